The maximum Gasteiger partial charge on any atom is 0.200 e. The van der Waals surface area contributed by atoms with Crippen molar-refractivity contribution in [3.05, 3.63) is 182 Å². The average Bonchev–Trinajstić information content (AvgIpc) is 3.24. The minimum absolute atomic E-state index is 0.306. The molecule has 6 aromatic rings. The fraction of sp³-hybridized carbons (Fsp3) is 0.0769. The molecule has 6 aromatic carbocycles. The molecule has 0 amide bonds. The molecule has 0 aliphatic carbocycles. The van der Waals surface area contributed by atoms with Crippen LogP contribution in [0.5, 0.6) is 5.75 Å². The Morgan fingerprint density at radius 2 is 0.629 bits per heavy atom. The van der Waals surface area contributed by atoms with Crippen LogP contribution >= 0.6 is 0 Å². The van der Waals surface area contributed by atoms with Crippen LogP contribution < -0.4 is 21.9 Å². The van der Waals surface area contributed by atoms with Crippen molar-refractivity contribution in [2.75, 3.05) is 0 Å². The molecule has 62 heavy (non-hydrogen) atoms. The van der Waals surface area contributed by atoms with Gasteiger partial charge < -0.3 is 5.11 Å². The van der Waals surface area contributed by atoms with Crippen LogP contribution in [0.4, 0.5) is 87.8 Å². The second-order valence-electron chi connectivity index (χ2n) is 13.1. The van der Waals surface area contributed by atoms with E-state index in [1.54, 1.807) is 12.1 Å². The predicted molar refractivity (Wildman–Crippen MR) is 185 cm³/mol. The van der Waals surface area contributed by atoms with Crippen molar-refractivity contribution < 1.29 is 92.9 Å². The summed E-state index contributed by atoms with van der Waals surface area (Å²) >= 11 is 3.78. The zero-order chi connectivity index (χ0) is 46.6. The van der Waals surface area contributed by atoms with E-state index in [4.69, 9.17) is 0 Å². The molecule has 0 aromatic heterocycles. The molecule has 328 valence electrons. The second kappa shape index (κ2) is 17.5. The minimum atomic E-state index is -7.22. The van der Waals surface area contributed by atoms with Crippen molar-refractivity contribution in [2.45, 2.75) is 18.6 Å². The smallest absolute Gasteiger partial charge is 0.200 e. The molecule has 0 saturated carbocycles. The number of hydrogen-bond acceptors (Lipinski definition) is 1. The Balaban J connectivity index is 0.000000355. The van der Waals surface area contributed by atoms with E-state index < -0.39 is 144 Å². The van der Waals surface area contributed by atoms with Gasteiger partial charge in [-0.15, -0.1) is 21.9 Å². The first-order valence-corrected chi connectivity index (χ1v) is 17.2. The Kier molecular flexibility index (Phi) is 13.3. The van der Waals surface area contributed by atoms with Gasteiger partial charge in [-0.05, 0) is 42.8 Å². The lowest BCUT2D eigenvalue weighted by Crippen LogP contribution is -2.81. The lowest BCUT2D eigenvalue weighted by molar-refractivity contribution is 0.378. The van der Waals surface area contributed by atoms with Crippen molar-refractivity contribution in [1.82, 2.24) is 0 Å². The number of halogens is 20. The fourth-order valence-corrected chi connectivity index (χ4v) is 7.39. The summed E-state index contributed by atoms with van der Waals surface area (Å²) < 4.78 is 294. The summed E-state index contributed by atoms with van der Waals surface area (Å²) in [7, 11) is 0. The molecule has 1 unspecified atom stereocenters. The summed E-state index contributed by atoms with van der Waals surface area (Å²) in [5.41, 5.74) is -10.5. The Hall–Kier alpha value is -5.87. The molecule has 0 spiro atoms. The monoisotopic (exact) mass is 924 g/mol. The van der Waals surface area contributed by atoms with Gasteiger partial charge in [0.1, 0.15) is 63.7 Å². The van der Waals surface area contributed by atoms with Gasteiger partial charge in [-0.1, -0.05) is 36.4 Å². The van der Waals surface area contributed by atoms with Crippen LogP contribution in [0.25, 0.3) is 0 Å². The van der Waals surface area contributed by atoms with E-state index in [2.05, 4.69) is 43.8 Å². The van der Waals surface area contributed by atoms with Crippen molar-refractivity contribution >= 4 is 40.6 Å². The third-order valence-electron chi connectivity index (χ3n) is 9.65. The molecular formula is C39H17BF20OS. The molecular weight excluding hydrogens is 907 g/mol. The van der Waals surface area contributed by atoms with E-state index in [9.17, 15) is 57.8 Å². The molecule has 0 radical (unpaired) electrons. The van der Waals surface area contributed by atoms with E-state index in [1.807, 2.05) is 12.1 Å². The molecule has 1 atom stereocenters. The summed E-state index contributed by atoms with van der Waals surface area (Å²) in [6, 6.07) is 15.8. The number of phenols is 1. The first kappa shape index (κ1) is 47.2. The largest absolute Gasteiger partial charge is 0.508 e. The number of aryl methyl sites for hydroxylation is 1. The number of hydrogen-bond donors (Lipinski definition) is 1. The van der Waals surface area contributed by atoms with E-state index >= 15 is 35.1 Å². The molecule has 6 rings (SSSR count). The van der Waals surface area contributed by atoms with Gasteiger partial charge in [0.25, 0.3) is 0 Å². The van der Waals surface area contributed by atoms with Crippen LogP contribution in [0.15, 0.2) is 48.5 Å². The van der Waals surface area contributed by atoms with Gasteiger partial charge in [-0.2, -0.15) is 0 Å². The highest BCUT2D eigenvalue weighted by Crippen LogP contribution is 2.31. The molecule has 0 saturated heterocycles. The number of phenolic OH excluding ortho intramolecular Hbond substituents is 1. The van der Waals surface area contributed by atoms with Crippen molar-refractivity contribution in [1.29, 1.82) is 0 Å². The lowest BCUT2D eigenvalue weighted by atomic mass is 9.12. The first-order chi connectivity index (χ1) is 28.9. The maximum atomic E-state index is 15.4. The predicted octanol–water partition coefficient (Wildman–Crippen LogP) is 8.84. The van der Waals surface area contributed by atoms with Crippen molar-refractivity contribution in [3.8, 4) is 5.75 Å². The normalized spacial score (nSPS) is 12.1. The van der Waals surface area contributed by atoms with Crippen molar-refractivity contribution in [2.24, 2.45) is 0 Å². The average molecular weight is 924 g/mol. The maximum absolute atomic E-state index is 15.4. The topological polar surface area (TPSA) is 20.2 Å². The molecule has 0 aliphatic heterocycles. The summed E-state index contributed by atoms with van der Waals surface area (Å²) in [6.45, 7) is 2.12. The van der Waals surface area contributed by atoms with E-state index in [-0.39, 0.29) is 0 Å². The highest BCUT2D eigenvalue weighted by atomic mass is 32.1. The van der Waals surface area contributed by atoms with Gasteiger partial charge in [0, 0.05) is 12.0 Å². The molecule has 0 bridgehead atoms. The molecule has 0 aliphatic rings. The zero-order valence-corrected chi connectivity index (χ0v) is 31.0. The highest BCUT2D eigenvalue weighted by molar-refractivity contribution is 7.59. The first-order valence-electron chi connectivity index (χ1n) is 16.6. The quantitative estimate of drug-likeness (QED) is 0.0559. The van der Waals surface area contributed by atoms with Gasteiger partial charge in [0.15, 0.2) is 69.8 Å². The van der Waals surface area contributed by atoms with E-state index in [0.717, 1.165) is 6.42 Å². The van der Waals surface area contributed by atoms with Gasteiger partial charge in [-0.25, -0.2) is 87.8 Å². The molecule has 0 heterocycles. The summed E-state index contributed by atoms with van der Waals surface area (Å²) in [5.74, 6) is -71.1. The van der Waals surface area contributed by atoms with Crippen LogP contribution in [0.1, 0.15) is 21.9 Å². The molecule has 1 nitrogen and oxygen atoms in total. The Labute approximate surface area is 339 Å². The van der Waals surface area contributed by atoms with Crippen LogP contribution in [0.2, 0.25) is 0 Å². The molecule has 1 N–H and O–H groups in total. The fourth-order valence-electron chi connectivity index (χ4n) is 6.83. The van der Waals surface area contributed by atoms with Gasteiger partial charge >= 0.3 is 0 Å². The Bertz CT molecular complexity index is 2380. The highest BCUT2D eigenvalue weighted by Gasteiger charge is 2.52. The van der Waals surface area contributed by atoms with Crippen molar-refractivity contribution in [3.63, 3.8) is 0 Å². The van der Waals surface area contributed by atoms with E-state index in [0.29, 0.717) is 11.0 Å². The minimum Gasteiger partial charge on any atom is -0.508 e. The summed E-state index contributed by atoms with van der Waals surface area (Å²) in [6.07, 6.45) is -6.30. The Morgan fingerprint density at radius 3 is 0.887 bits per heavy atom. The van der Waals surface area contributed by atoms with Gasteiger partial charge in [-0.3, -0.25) is 0 Å². The third-order valence-corrected chi connectivity index (χ3v) is 10.2. The molecule has 0 fully saturated rings. The zero-order valence-electron chi connectivity index (χ0n) is 30.0. The van der Waals surface area contributed by atoms with Crippen LogP contribution in [0, 0.1) is 123 Å². The van der Waals surface area contributed by atoms with E-state index in [1.165, 1.54) is 16.7 Å². The molecule has 23 heteroatoms. The number of aromatic hydroxyl groups is 1. The number of benzene rings is 6. The van der Waals surface area contributed by atoms with Crippen LogP contribution in [-0.2, 0) is 19.0 Å². The summed E-state index contributed by atoms with van der Waals surface area (Å²) in [5, 5.41) is 9.55. The lowest BCUT2D eigenvalue weighted by Gasteiger charge is -2.44. The third kappa shape index (κ3) is 7.46. The Morgan fingerprint density at radius 1 is 0.387 bits per heavy atom. The second-order valence-corrected chi connectivity index (χ2v) is 13.8. The van der Waals surface area contributed by atoms with Crippen LogP contribution in [-0.4, -0.2) is 11.3 Å². The number of rotatable bonds is 7. The van der Waals surface area contributed by atoms with Crippen LogP contribution in [0.3, 0.4) is 0 Å². The SMILES string of the molecule is Cc1ccccc1C([SH2+])Cc1ccc(O)cc1.Fc1c(F)c(F)c([B-](c2c(F)c(F)c(F)c(F)c2F)(c2c(F)c(F)c(F)c(F)c2F)c2c(F)c(F)c(F)c(F)c2F)c(F)c1F. The standard InChI is InChI=1S/C24BF20.C15H16OS/c26-5-1(6(27)14(35)21(42)13(5)34)25(2-7(28)15(36)22(43)16(37)8(2)29,3-9(30)17(38)23(44)18(39)10(3)31)4-11(32)19(40)24(45)20(41)12(4)33;1-11-4-2-3-5-14(11)15(17)10-12-6-8-13(16)9-7-12/h;2-9,15-17H,10H2,1H3/q-1;/p+1. The summed E-state index contributed by atoms with van der Waals surface area (Å²) in [4.78, 5) is 0. The van der Waals surface area contributed by atoms with Gasteiger partial charge in [0.2, 0.25) is 0 Å². The van der Waals surface area contributed by atoms with Gasteiger partial charge in [0.05, 0.1) is 0 Å².